The molecule has 3 heterocycles. The lowest BCUT2D eigenvalue weighted by Gasteiger charge is -2.45. The van der Waals surface area contributed by atoms with E-state index in [9.17, 15) is 4.79 Å². The van der Waals surface area contributed by atoms with Gasteiger partial charge < -0.3 is 10.2 Å². The van der Waals surface area contributed by atoms with Crippen molar-refractivity contribution in [1.82, 2.24) is 9.88 Å². The van der Waals surface area contributed by atoms with Gasteiger partial charge in [-0.1, -0.05) is 11.6 Å². The van der Waals surface area contributed by atoms with E-state index in [1.165, 1.54) is 12.8 Å². The molecule has 2 saturated heterocycles. The number of pyridine rings is 1. The van der Waals surface area contributed by atoms with Crippen molar-refractivity contribution in [3.63, 3.8) is 0 Å². The Morgan fingerprint density at radius 2 is 2.11 bits per heavy atom. The van der Waals surface area contributed by atoms with Crippen LogP contribution in [0.2, 0.25) is 5.15 Å². The largest absolute Gasteiger partial charge is 0.322 e. The van der Waals surface area contributed by atoms with Crippen LogP contribution >= 0.6 is 11.6 Å². The molecule has 2 bridgehead atoms. The monoisotopic (exact) mass is 265 g/mol. The molecule has 3 fully saturated rings. The number of carbonyl (C=O) groups excluding carboxylic acids is 1. The zero-order chi connectivity index (χ0) is 12.5. The Kier molecular flexibility index (Phi) is 3.12. The number of amides is 2. The molecule has 4 nitrogen and oxygen atoms in total. The molecule has 0 spiro atoms. The van der Waals surface area contributed by atoms with Crippen LogP contribution in [0.5, 0.6) is 0 Å². The summed E-state index contributed by atoms with van der Waals surface area (Å²) in [5, 5.41) is 3.32. The maximum Gasteiger partial charge on any atom is 0.322 e. The minimum Gasteiger partial charge on any atom is -0.321 e. The van der Waals surface area contributed by atoms with Gasteiger partial charge in [0.15, 0.2) is 0 Å². The number of nitrogens with zero attached hydrogens (tertiary/aromatic N) is 2. The number of fused-ring (bicyclic) bond motifs is 3. The maximum absolute atomic E-state index is 12.2. The van der Waals surface area contributed by atoms with Gasteiger partial charge in [0.25, 0.3) is 0 Å². The zero-order valence-corrected chi connectivity index (χ0v) is 10.9. The fourth-order valence-electron chi connectivity index (χ4n) is 2.96. The highest BCUT2D eigenvalue weighted by molar-refractivity contribution is 6.29. The first kappa shape index (κ1) is 11.8. The molecule has 0 radical (unpaired) electrons. The average Bonchev–Trinajstić information content (AvgIpc) is 2.42. The van der Waals surface area contributed by atoms with E-state index < -0.39 is 0 Å². The van der Waals surface area contributed by atoms with Crippen molar-refractivity contribution in [3.05, 3.63) is 23.5 Å². The van der Waals surface area contributed by atoms with E-state index in [0.717, 1.165) is 19.4 Å². The Morgan fingerprint density at radius 1 is 1.33 bits per heavy atom. The van der Waals surface area contributed by atoms with Crippen LogP contribution in [-0.4, -0.2) is 28.5 Å². The van der Waals surface area contributed by atoms with Crippen LogP contribution < -0.4 is 5.32 Å². The highest BCUT2D eigenvalue weighted by Gasteiger charge is 2.36. The van der Waals surface area contributed by atoms with Gasteiger partial charge in [-0.3, -0.25) is 0 Å². The number of urea groups is 1. The van der Waals surface area contributed by atoms with Gasteiger partial charge in [0.05, 0.1) is 11.9 Å². The summed E-state index contributed by atoms with van der Waals surface area (Å²) < 4.78 is 0. The summed E-state index contributed by atoms with van der Waals surface area (Å²) in [6.07, 6.45) is 6.43. The molecule has 96 valence electrons. The number of carbonyl (C=O) groups is 1. The smallest absolute Gasteiger partial charge is 0.321 e. The summed E-state index contributed by atoms with van der Waals surface area (Å²) in [7, 11) is 0. The fourth-order valence-corrected chi connectivity index (χ4v) is 3.07. The lowest BCUT2D eigenvalue weighted by molar-refractivity contribution is 0.0816. The Balaban J connectivity index is 1.66. The number of piperidine rings is 2. The molecule has 0 atom stereocenters. The van der Waals surface area contributed by atoms with Crippen LogP contribution in [0.1, 0.15) is 25.7 Å². The number of rotatable bonds is 1. The predicted molar refractivity (Wildman–Crippen MR) is 70.7 cm³/mol. The fraction of sp³-hybridized carbons (Fsp3) is 0.538. The van der Waals surface area contributed by atoms with Gasteiger partial charge in [0.2, 0.25) is 0 Å². The molecule has 18 heavy (non-hydrogen) atoms. The normalized spacial score (nSPS) is 26.2. The lowest BCUT2D eigenvalue weighted by Crippen LogP contribution is -2.52. The molecule has 2 aliphatic heterocycles. The van der Waals surface area contributed by atoms with Crippen LogP contribution in [-0.2, 0) is 0 Å². The predicted octanol–water partition coefficient (Wildman–Crippen LogP) is 3.14. The van der Waals surface area contributed by atoms with Gasteiger partial charge in [0, 0.05) is 12.6 Å². The molecule has 1 aliphatic carbocycles. The number of aromatic nitrogens is 1. The summed E-state index contributed by atoms with van der Waals surface area (Å²) in [6.45, 7) is 0.900. The number of halogens is 1. The molecule has 1 saturated carbocycles. The van der Waals surface area contributed by atoms with Crippen LogP contribution in [0.15, 0.2) is 18.3 Å². The van der Waals surface area contributed by atoms with Crippen LogP contribution in [0.4, 0.5) is 10.5 Å². The Hall–Kier alpha value is -1.29. The third-order valence-electron chi connectivity index (χ3n) is 3.95. The van der Waals surface area contributed by atoms with Crippen LogP contribution in [0.25, 0.3) is 0 Å². The number of hydrogen-bond acceptors (Lipinski definition) is 2. The van der Waals surface area contributed by atoms with Gasteiger partial charge >= 0.3 is 6.03 Å². The van der Waals surface area contributed by atoms with E-state index >= 15 is 0 Å². The third kappa shape index (κ3) is 2.29. The summed E-state index contributed by atoms with van der Waals surface area (Å²) >= 11 is 5.71. The minimum absolute atomic E-state index is 0.00600. The summed E-state index contributed by atoms with van der Waals surface area (Å²) in [6, 6.07) is 3.87. The quantitative estimate of drug-likeness (QED) is 0.793. The second-order valence-corrected chi connectivity index (χ2v) is 5.51. The third-order valence-corrected chi connectivity index (χ3v) is 4.18. The zero-order valence-electron chi connectivity index (χ0n) is 10.1. The Labute approximate surface area is 111 Å². The standard InChI is InChI=1S/C13H16ClN3O/c14-12-6-3-10(7-15-12)16-13(18)17-8-9-1-4-11(17)5-2-9/h3,6-7,9,11H,1-2,4-5,8H2,(H,16,18). The molecule has 3 aliphatic rings. The minimum atomic E-state index is -0.00600. The molecule has 5 heteroatoms. The molecule has 1 aromatic heterocycles. The van der Waals surface area contributed by atoms with Crippen LogP contribution in [0, 0.1) is 5.92 Å². The van der Waals surface area contributed by atoms with Crippen molar-refractivity contribution in [1.29, 1.82) is 0 Å². The maximum atomic E-state index is 12.2. The summed E-state index contributed by atoms with van der Waals surface area (Å²) in [4.78, 5) is 18.1. The van der Waals surface area contributed by atoms with Crippen molar-refractivity contribution in [2.45, 2.75) is 31.7 Å². The SMILES string of the molecule is O=C(Nc1ccc(Cl)nc1)N1CC2CCC1CC2. The van der Waals surface area contributed by atoms with E-state index in [2.05, 4.69) is 10.3 Å². The lowest BCUT2D eigenvalue weighted by atomic mass is 9.80. The molecule has 4 rings (SSSR count). The van der Waals surface area contributed by atoms with E-state index in [1.807, 2.05) is 4.90 Å². The second-order valence-electron chi connectivity index (χ2n) is 5.13. The molecular weight excluding hydrogens is 250 g/mol. The molecule has 1 N–H and O–H groups in total. The van der Waals surface area contributed by atoms with Crippen molar-refractivity contribution in [3.8, 4) is 0 Å². The van der Waals surface area contributed by atoms with Gasteiger partial charge in [-0.25, -0.2) is 9.78 Å². The van der Waals surface area contributed by atoms with Gasteiger partial charge in [-0.05, 0) is 43.7 Å². The highest BCUT2D eigenvalue weighted by atomic mass is 35.5. The second kappa shape index (κ2) is 4.76. The summed E-state index contributed by atoms with van der Waals surface area (Å²) in [5.41, 5.74) is 0.700. The van der Waals surface area contributed by atoms with Gasteiger partial charge in [0.1, 0.15) is 5.15 Å². The van der Waals surface area contributed by atoms with E-state index in [-0.39, 0.29) is 6.03 Å². The van der Waals surface area contributed by atoms with E-state index in [1.54, 1.807) is 18.3 Å². The number of hydrogen-bond donors (Lipinski definition) is 1. The molecule has 2 amide bonds. The first-order valence-corrected chi connectivity index (χ1v) is 6.79. The highest BCUT2D eigenvalue weighted by Crippen LogP contribution is 2.35. The molecule has 1 aromatic rings. The molecule has 0 unspecified atom stereocenters. The number of anilines is 1. The number of nitrogens with one attached hydrogen (secondary N) is 1. The topological polar surface area (TPSA) is 45.2 Å². The first-order chi connectivity index (χ1) is 8.72. The average molecular weight is 266 g/mol. The van der Waals surface area contributed by atoms with Crippen LogP contribution in [0.3, 0.4) is 0 Å². The summed E-state index contributed by atoms with van der Waals surface area (Å²) in [5.74, 6) is 0.698. The van der Waals surface area contributed by atoms with Gasteiger partial charge in [-0.2, -0.15) is 0 Å². The van der Waals surface area contributed by atoms with Crippen molar-refractivity contribution in [2.24, 2.45) is 5.92 Å². The Morgan fingerprint density at radius 3 is 2.67 bits per heavy atom. The van der Waals surface area contributed by atoms with E-state index in [4.69, 9.17) is 11.6 Å². The van der Waals surface area contributed by atoms with Crippen molar-refractivity contribution in [2.75, 3.05) is 11.9 Å². The van der Waals surface area contributed by atoms with Gasteiger partial charge in [-0.15, -0.1) is 0 Å². The Bertz CT molecular complexity index is 440. The van der Waals surface area contributed by atoms with Crippen molar-refractivity contribution >= 4 is 23.3 Å². The molecule has 0 aromatic carbocycles. The van der Waals surface area contributed by atoms with E-state index in [0.29, 0.717) is 22.8 Å². The molecular formula is C13H16ClN3O. The van der Waals surface area contributed by atoms with Crippen molar-refractivity contribution < 1.29 is 4.79 Å². The first-order valence-electron chi connectivity index (χ1n) is 6.41.